The van der Waals surface area contributed by atoms with Gasteiger partial charge in [0.25, 0.3) is 0 Å². The molecule has 1 heterocycles. The Morgan fingerprint density at radius 1 is 0.966 bits per heavy atom. The molecule has 0 spiro atoms. The van der Waals surface area contributed by atoms with Crippen molar-refractivity contribution in [2.75, 3.05) is 13.1 Å². The second kappa shape index (κ2) is 10.3. The molecule has 1 atom stereocenters. The maximum atomic E-state index is 12.5. The Morgan fingerprint density at radius 2 is 1.55 bits per heavy atom. The van der Waals surface area contributed by atoms with Gasteiger partial charge in [-0.25, -0.2) is 9.59 Å². The monoisotopic (exact) mass is 394 g/mol. The fraction of sp³-hybridized carbons (Fsp3) is 0.304. The minimum atomic E-state index is -0.528. The molecule has 1 aliphatic heterocycles. The minimum Gasteiger partial charge on any atom is -0.445 e. The van der Waals surface area contributed by atoms with Crippen LogP contribution >= 0.6 is 0 Å². The fourth-order valence-corrected chi connectivity index (χ4v) is 3.14. The molecular weight excluding hydrogens is 368 g/mol. The van der Waals surface area contributed by atoms with Gasteiger partial charge in [-0.05, 0) is 24.0 Å². The summed E-state index contributed by atoms with van der Waals surface area (Å²) in [5.74, 6) is 0. The first-order chi connectivity index (χ1) is 14.1. The van der Waals surface area contributed by atoms with Gasteiger partial charge in [0.1, 0.15) is 13.2 Å². The van der Waals surface area contributed by atoms with Gasteiger partial charge in [0.05, 0.1) is 6.04 Å². The molecule has 0 aliphatic carbocycles. The second-order valence-electron chi connectivity index (χ2n) is 7.01. The predicted molar refractivity (Wildman–Crippen MR) is 110 cm³/mol. The lowest BCUT2D eigenvalue weighted by molar-refractivity contribution is 0.0936. The van der Waals surface area contributed by atoms with Crippen LogP contribution in [-0.4, -0.2) is 36.2 Å². The first kappa shape index (κ1) is 20.5. The van der Waals surface area contributed by atoms with Gasteiger partial charge < -0.3 is 19.7 Å². The molecule has 2 aromatic rings. The number of hydrogen-bond acceptors (Lipinski definition) is 4. The largest absolute Gasteiger partial charge is 0.445 e. The molecule has 0 saturated carbocycles. The number of amides is 2. The summed E-state index contributed by atoms with van der Waals surface area (Å²) in [4.78, 5) is 26.3. The fourth-order valence-electron chi connectivity index (χ4n) is 3.14. The molecule has 6 heteroatoms. The molecular formula is C23H26N2O4. The number of carbonyl (C=O) groups is 2. The van der Waals surface area contributed by atoms with Crippen LogP contribution in [0, 0.1) is 0 Å². The Labute approximate surface area is 171 Å². The maximum Gasteiger partial charge on any atom is 0.410 e. The zero-order valence-corrected chi connectivity index (χ0v) is 16.4. The number of alkyl carbamates (subject to hydrolysis) is 1. The molecule has 6 nitrogen and oxygen atoms in total. The number of nitrogens with zero attached hydrogens (tertiary/aromatic N) is 1. The summed E-state index contributed by atoms with van der Waals surface area (Å²) in [6, 6.07) is 18.6. The summed E-state index contributed by atoms with van der Waals surface area (Å²) in [6.07, 6.45) is 0.579. The van der Waals surface area contributed by atoms with Crippen molar-refractivity contribution in [1.29, 1.82) is 0 Å². The van der Waals surface area contributed by atoms with Crippen molar-refractivity contribution >= 4 is 12.2 Å². The Bertz CT molecular complexity index is 823. The molecule has 1 fully saturated rings. The average Bonchev–Trinajstić information content (AvgIpc) is 2.93. The van der Waals surface area contributed by atoms with E-state index in [0.29, 0.717) is 13.1 Å². The summed E-state index contributed by atoms with van der Waals surface area (Å²) < 4.78 is 10.7. The van der Waals surface area contributed by atoms with Crippen LogP contribution in [0.4, 0.5) is 9.59 Å². The van der Waals surface area contributed by atoms with E-state index in [4.69, 9.17) is 9.47 Å². The van der Waals surface area contributed by atoms with Gasteiger partial charge in [0, 0.05) is 13.1 Å². The van der Waals surface area contributed by atoms with E-state index < -0.39 is 12.2 Å². The SMILES string of the molecule is C=C1CCCN(C(=O)OCc2ccccc2)C[C@H]1NC(=O)OCc1ccccc1. The summed E-state index contributed by atoms with van der Waals surface area (Å²) in [5, 5.41) is 2.83. The molecule has 2 amide bonds. The number of hydrogen-bond donors (Lipinski definition) is 1. The smallest absolute Gasteiger partial charge is 0.410 e. The van der Waals surface area contributed by atoms with Crippen LogP contribution in [0.5, 0.6) is 0 Å². The topological polar surface area (TPSA) is 67.9 Å². The zero-order valence-electron chi connectivity index (χ0n) is 16.4. The summed E-state index contributed by atoms with van der Waals surface area (Å²) >= 11 is 0. The van der Waals surface area contributed by atoms with Gasteiger partial charge in [-0.3, -0.25) is 0 Å². The van der Waals surface area contributed by atoms with E-state index in [1.807, 2.05) is 60.7 Å². The van der Waals surface area contributed by atoms with Gasteiger partial charge in [-0.15, -0.1) is 0 Å². The number of nitrogens with one attached hydrogen (secondary N) is 1. The van der Waals surface area contributed by atoms with Crippen molar-refractivity contribution < 1.29 is 19.1 Å². The molecule has 0 bridgehead atoms. The summed E-state index contributed by atoms with van der Waals surface area (Å²) in [6.45, 7) is 5.34. The molecule has 0 aromatic heterocycles. The van der Waals surface area contributed by atoms with Crippen LogP contribution in [0.25, 0.3) is 0 Å². The van der Waals surface area contributed by atoms with Crippen molar-refractivity contribution in [2.45, 2.75) is 32.1 Å². The third kappa shape index (κ3) is 6.38. The first-order valence-corrected chi connectivity index (χ1v) is 9.72. The van der Waals surface area contributed by atoms with Gasteiger partial charge in [-0.1, -0.05) is 72.8 Å². The summed E-state index contributed by atoms with van der Waals surface area (Å²) in [5.41, 5.74) is 2.72. The number of likely N-dealkylation sites (tertiary alicyclic amines) is 1. The highest BCUT2D eigenvalue weighted by Crippen LogP contribution is 2.17. The molecule has 0 radical (unpaired) electrons. The standard InChI is InChI=1S/C23H26N2O4/c1-18-9-8-14-25(23(27)29-17-20-12-6-3-7-13-20)15-21(18)24-22(26)28-16-19-10-4-2-5-11-19/h2-7,10-13,21H,1,8-9,14-17H2,(H,24,26)/t21-/m1/s1. The van der Waals surface area contributed by atoms with Gasteiger partial charge in [-0.2, -0.15) is 0 Å². The lowest BCUT2D eigenvalue weighted by atomic mass is 10.1. The summed E-state index contributed by atoms with van der Waals surface area (Å²) in [7, 11) is 0. The molecule has 29 heavy (non-hydrogen) atoms. The van der Waals surface area contributed by atoms with Crippen LogP contribution < -0.4 is 5.32 Å². The molecule has 2 aromatic carbocycles. The molecule has 1 aliphatic rings. The van der Waals surface area contributed by atoms with Crippen molar-refractivity contribution in [3.63, 3.8) is 0 Å². The Morgan fingerprint density at radius 3 is 2.17 bits per heavy atom. The predicted octanol–water partition coefficient (Wildman–Crippen LogP) is 4.27. The van der Waals surface area contributed by atoms with Gasteiger partial charge in [0.2, 0.25) is 0 Å². The molecule has 1 saturated heterocycles. The second-order valence-corrected chi connectivity index (χ2v) is 7.01. The number of rotatable bonds is 5. The van der Waals surface area contributed by atoms with Gasteiger partial charge in [0.15, 0.2) is 0 Å². The Kier molecular flexibility index (Phi) is 7.28. The number of carbonyl (C=O) groups excluding carboxylic acids is 2. The average molecular weight is 394 g/mol. The molecule has 3 rings (SSSR count). The first-order valence-electron chi connectivity index (χ1n) is 9.72. The third-order valence-corrected chi connectivity index (χ3v) is 4.79. The highest BCUT2D eigenvalue weighted by molar-refractivity contribution is 5.70. The third-order valence-electron chi connectivity index (χ3n) is 4.79. The van der Waals surface area contributed by atoms with Crippen molar-refractivity contribution in [3.8, 4) is 0 Å². The number of ether oxygens (including phenoxy) is 2. The van der Waals surface area contributed by atoms with E-state index in [-0.39, 0.29) is 19.3 Å². The van der Waals surface area contributed by atoms with E-state index in [1.165, 1.54) is 0 Å². The lowest BCUT2D eigenvalue weighted by Gasteiger charge is -2.25. The van der Waals surface area contributed by atoms with Crippen LogP contribution in [0.2, 0.25) is 0 Å². The highest BCUT2D eigenvalue weighted by Gasteiger charge is 2.26. The van der Waals surface area contributed by atoms with Crippen molar-refractivity contribution in [2.24, 2.45) is 0 Å². The molecule has 152 valence electrons. The Balaban J connectivity index is 1.51. The van der Waals surface area contributed by atoms with Crippen molar-refractivity contribution in [1.82, 2.24) is 10.2 Å². The van der Waals surface area contributed by atoms with Crippen LogP contribution in [0.3, 0.4) is 0 Å². The molecule has 1 N–H and O–H groups in total. The van der Waals surface area contributed by atoms with Crippen LogP contribution in [-0.2, 0) is 22.7 Å². The highest BCUT2D eigenvalue weighted by atomic mass is 16.6. The zero-order chi connectivity index (χ0) is 20.5. The van der Waals surface area contributed by atoms with Gasteiger partial charge >= 0.3 is 12.2 Å². The molecule has 0 unspecified atom stereocenters. The van der Waals surface area contributed by atoms with E-state index in [0.717, 1.165) is 29.5 Å². The number of benzene rings is 2. The van der Waals surface area contributed by atoms with E-state index in [1.54, 1.807) is 4.90 Å². The van der Waals surface area contributed by atoms with E-state index in [9.17, 15) is 9.59 Å². The van der Waals surface area contributed by atoms with E-state index in [2.05, 4.69) is 11.9 Å². The minimum absolute atomic E-state index is 0.189. The van der Waals surface area contributed by atoms with E-state index >= 15 is 0 Å². The van der Waals surface area contributed by atoms with Crippen molar-refractivity contribution in [3.05, 3.63) is 83.9 Å². The normalized spacial score (nSPS) is 16.6. The quantitative estimate of drug-likeness (QED) is 0.769. The van der Waals surface area contributed by atoms with Crippen LogP contribution in [0.1, 0.15) is 24.0 Å². The lowest BCUT2D eigenvalue weighted by Crippen LogP contribution is -2.45. The Hall–Kier alpha value is -3.28. The van der Waals surface area contributed by atoms with Crippen LogP contribution in [0.15, 0.2) is 72.8 Å². The maximum absolute atomic E-state index is 12.5.